The molecule has 0 aromatic heterocycles. The maximum absolute atomic E-state index is 10.9. The summed E-state index contributed by atoms with van der Waals surface area (Å²) < 4.78 is 6.02. The Balaban J connectivity index is 0.000000941. The third-order valence-corrected chi connectivity index (χ3v) is 4.53. The van der Waals surface area contributed by atoms with Gasteiger partial charge in [0.05, 0.1) is 0 Å². The van der Waals surface area contributed by atoms with Crippen molar-refractivity contribution in [2.24, 2.45) is 4.99 Å². The normalized spacial score (nSPS) is 10.9. The molecule has 0 saturated heterocycles. The maximum atomic E-state index is 10.9. The number of phenols is 1. The third-order valence-electron chi connectivity index (χ3n) is 4.53. The number of benzene rings is 3. The molecule has 3 rings (SSSR count). The predicted octanol–water partition coefficient (Wildman–Crippen LogP) is 6.94. The van der Waals surface area contributed by atoms with E-state index in [-0.39, 0.29) is 5.75 Å². The summed E-state index contributed by atoms with van der Waals surface area (Å²) in [4.78, 5) is 4.07. The summed E-state index contributed by atoms with van der Waals surface area (Å²) in [6.45, 7) is 4.19. The van der Waals surface area contributed by atoms with Crippen LogP contribution in [0.5, 0.6) is 17.2 Å². The first-order valence-corrected chi connectivity index (χ1v) is 15.3. The van der Waals surface area contributed by atoms with Gasteiger partial charge in [-0.15, -0.1) is 0 Å². The molecule has 150 valence electrons. The molecule has 0 fully saturated rings. The molecule has 0 aliphatic carbocycles. The fraction of sp³-hybridized carbons (Fsp3) is 0.174. The summed E-state index contributed by atoms with van der Waals surface area (Å²) in [7, 11) is 11.6. The Bertz CT molecular complexity index is 932. The molecule has 3 aromatic carbocycles. The number of aliphatic imine (C=N–C) groups is 1. The second kappa shape index (κ2) is 11.5. The Hall–Kier alpha value is -1.61. The van der Waals surface area contributed by atoms with E-state index in [9.17, 15) is 5.11 Å². The van der Waals surface area contributed by atoms with Crippen LogP contribution in [-0.2, 0) is 26.3 Å². The van der Waals surface area contributed by atoms with Crippen LogP contribution >= 0.6 is 17.0 Å². The summed E-state index contributed by atoms with van der Waals surface area (Å²) >= 11 is -0.826. The molecule has 0 aliphatic rings. The number of rotatable bonds is 5. The number of para-hydroxylation sites is 1. The molecule has 0 heterocycles. The van der Waals surface area contributed by atoms with E-state index in [2.05, 4.69) is 31.0 Å². The molecule has 0 saturated carbocycles. The minimum atomic E-state index is -0.826. The van der Waals surface area contributed by atoms with E-state index in [0.717, 1.165) is 16.9 Å². The van der Waals surface area contributed by atoms with E-state index >= 15 is 0 Å². The van der Waals surface area contributed by atoms with Crippen LogP contribution in [0.25, 0.3) is 0 Å². The molecule has 3 aromatic rings. The summed E-state index contributed by atoms with van der Waals surface area (Å²) in [5.74, 6) is 1.65. The van der Waals surface area contributed by atoms with Crippen molar-refractivity contribution in [3.63, 3.8) is 0 Å². The summed E-state index contributed by atoms with van der Waals surface area (Å²) in [6, 6.07) is 23.5. The fourth-order valence-corrected chi connectivity index (χ4v) is 3.04. The van der Waals surface area contributed by atoms with Crippen molar-refractivity contribution >= 4 is 23.2 Å². The van der Waals surface area contributed by atoms with Crippen molar-refractivity contribution in [3.8, 4) is 17.2 Å². The summed E-state index contributed by atoms with van der Waals surface area (Å²) in [6.07, 6.45) is 1.65. The van der Waals surface area contributed by atoms with Gasteiger partial charge in [0.1, 0.15) is 17.2 Å². The second-order valence-electron chi connectivity index (χ2n) is 6.77. The molecular weight excluding hydrogens is 484 g/mol. The number of phenolic OH excluding ortho intramolecular Hbond substituents is 1. The van der Waals surface area contributed by atoms with Crippen molar-refractivity contribution in [3.05, 3.63) is 89.5 Å². The predicted molar refractivity (Wildman–Crippen MR) is 118 cm³/mol. The minimum absolute atomic E-state index is 0.227. The molecule has 0 unspecified atom stereocenters. The number of halogens is 2. The van der Waals surface area contributed by atoms with Gasteiger partial charge < -0.3 is 9.84 Å². The molecular formula is C23H23Cl2NO2Zr. The molecule has 0 bridgehead atoms. The Morgan fingerprint density at radius 1 is 0.931 bits per heavy atom. The molecule has 1 N–H and O–H groups in total. The first-order valence-electron chi connectivity index (χ1n) is 8.98. The van der Waals surface area contributed by atoms with Crippen LogP contribution in [0.1, 0.15) is 30.5 Å². The fourth-order valence-electron chi connectivity index (χ4n) is 3.04. The first kappa shape index (κ1) is 23.7. The van der Waals surface area contributed by atoms with Crippen molar-refractivity contribution < 1.29 is 30.7 Å². The van der Waals surface area contributed by atoms with Crippen LogP contribution < -0.4 is 4.74 Å². The van der Waals surface area contributed by atoms with Crippen LogP contribution in [0, 0.1) is 0 Å². The Morgan fingerprint density at radius 3 is 2.03 bits per heavy atom. The van der Waals surface area contributed by atoms with Crippen LogP contribution in [0.2, 0.25) is 0 Å². The summed E-state index contributed by atoms with van der Waals surface area (Å²) in [5.41, 5.74) is 2.16. The topological polar surface area (TPSA) is 41.8 Å². The third kappa shape index (κ3) is 6.44. The molecule has 3 nitrogen and oxygen atoms in total. The van der Waals surface area contributed by atoms with Crippen molar-refractivity contribution in [2.45, 2.75) is 19.3 Å². The average molecular weight is 508 g/mol. The van der Waals surface area contributed by atoms with Crippen LogP contribution in [-0.4, -0.2) is 18.4 Å². The quantitative estimate of drug-likeness (QED) is 0.380. The monoisotopic (exact) mass is 505 g/mol. The molecule has 6 heteroatoms. The zero-order chi connectivity index (χ0) is 21.3. The Kier molecular flexibility index (Phi) is 9.42. The van der Waals surface area contributed by atoms with E-state index in [1.807, 2.05) is 54.6 Å². The van der Waals surface area contributed by atoms with Gasteiger partial charge in [-0.2, -0.15) is 0 Å². The molecule has 29 heavy (non-hydrogen) atoms. The van der Waals surface area contributed by atoms with Crippen molar-refractivity contribution in [1.29, 1.82) is 0 Å². The van der Waals surface area contributed by atoms with Crippen molar-refractivity contribution in [1.82, 2.24) is 0 Å². The second-order valence-corrected chi connectivity index (χ2v) is 10.5. The standard InChI is InChI=1S/C23H23NO2.2ClH.Zr/c1-23(2,18-10-6-4-7-11-18)21-15-20(14-17(16-24-3)22(21)25)26-19-12-8-5-9-13-19;;;/h4-16,25H,1-3H3;2*1H;/q;;;+2/p-2. The molecule has 0 amide bonds. The van der Waals surface area contributed by atoms with Crippen LogP contribution in [0.4, 0.5) is 0 Å². The van der Waals surface area contributed by atoms with Gasteiger partial charge in [0, 0.05) is 29.8 Å². The number of hydrogen-bond donors (Lipinski definition) is 1. The van der Waals surface area contributed by atoms with Crippen molar-refractivity contribution in [2.75, 3.05) is 7.05 Å². The average Bonchev–Trinajstić information content (AvgIpc) is 2.72. The van der Waals surface area contributed by atoms with Gasteiger partial charge in [-0.25, -0.2) is 0 Å². The number of aromatic hydroxyl groups is 1. The number of nitrogens with zero attached hydrogens (tertiary/aromatic N) is 1. The van der Waals surface area contributed by atoms with E-state index < -0.39 is 26.3 Å². The first-order chi connectivity index (χ1) is 13.9. The SMILES string of the molecule is CN=Cc1cc(Oc2ccccc2)cc(C(C)(C)c2ccccc2)c1O.[Cl][Zr][Cl]. The van der Waals surface area contributed by atoms with E-state index in [1.165, 1.54) is 0 Å². The van der Waals surface area contributed by atoms with Crippen LogP contribution in [0.15, 0.2) is 77.8 Å². The van der Waals surface area contributed by atoms with Gasteiger partial charge in [0.25, 0.3) is 0 Å². The van der Waals surface area contributed by atoms with Gasteiger partial charge in [0.15, 0.2) is 0 Å². The number of ether oxygens (including phenoxy) is 1. The van der Waals surface area contributed by atoms with Gasteiger partial charge in [0.2, 0.25) is 0 Å². The van der Waals surface area contributed by atoms with Gasteiger partial charge in [-0.3, -0.25) is 4.99 Å². The molecule has 0 radical (unpaired) electrons. The van der Waals surface area contributed by atoms with Gasteiger partial charge >= 0.3 is 37.9 Å². The van der Waals surface area contributed by atoms with Crippen LogP contribution in [0.3, 0.4) is 0 Å². The zero-order valence-corrected chi connectivity index (χ0v) is 20.5. The Labute approximate surface area is 191 Å². The number of hydrogen-bond acceptors (Lipinski definition) is 3. The van der Waals surface area contributed by atoms with Gasteiger partial charge in [-0.05, 0) is 29.8 Å². The van der Waals surface area contributed by atoms with E-state index in [1.54, 1.807) is 19.3 Å². The molecule has 0 aliphatic heterocycles. The zero-order valence-electron chi connectivity index (χ0n) is 16.6. The van der Waals surface area contributed by atoms with E-state index in [0.29, 0.717) is 11.3 Å². The molecule has 0 spiro atoms. The summed E-state index contributed by atoms with van der Waals surface area (Å²) in [5, 5.41) is 10.9. The van der Waals surface area contributed by atoms with Gasteiger partial charge in [-0.1, -0.05) is 62.4 Å². The molecule has 0 atom stereocenters. The Morgan fingerprint density at radius 2 is 1.48 bits per heavy atom. The van der Waals surface area contributed by atoms with E-state index in [4.69, 9.17) is 21.8 Å².